The lowest BCUT2D eigenvalue weighted by molar-refractivity contribution is -0.160. The van der Waals surface area contributed by atoms with Crippen LogP contribution in [0.1, 0.15) is 40.5 Å². The van der Waals surface area contributed by atoms with Crippen molar-refractivity contribution in [3.8, 4) is 0 Å². The molecule has 0 aromatic rings. The maximum atomic E-state index is 12.1. The van der Waals surface area contributed by atoms with Crippen LogP contribution in [0, 0.1) is 23.2 Å². The molecule has 3 saturated carbocycles. The lowest BCUT2D eigenvalue weighted by Gasteiger charge is -2.63. The first-order valence-corrected chi connectivity index (χ1v) is 8.58. The van der Waals surface area contributed by atoms with Gasteiger partial charge < -0.3 is 9.31 Å². The fourth-order valence-electron chi connectivity index (χ4n) is 4.82. The van der Waals surface area contributed by atoms with E-state index in [1.807, 2.05) is 4.90 Å². The number of fused-ring (bicyclic) bond motifs is 2. The van der Waals surface area contributed by atoms with Gasteiger partial charge in [-0.3, -0.25) is 14.5 Å². The van der Waals surface area contributed by atoms with Crippen LogP contribution in [0.25, 0.3) is 0 Å². The average molecular weight is 319 g/mol. The van der Waals surface area contributed by atoms with Gasteiger partial charge in [-0.05, 0) is 48.9 Å². The van der Waals surface area contributed by atoms with Gasteiger partial charge in [0.25, 0.3) is 0 Å². The fraction of sp³-hybridized carbons (Fsp3) is 0.765. The maximum absolute atomic E-state index is 12.1. The molecular weight excluding hydrogens is 293 g/mol. The van der Waals surface area contributed by atoms with E-state index in [4.69, 9.17) is 9.31 Å². The van der Waals surface area contributed by atoms with Crippen LogP contribution in [0.2, 0.25) is 0 Å². The number of hydrogen-bond donors (Lipinski definition) is 0. The van der Waals surface area contributed by atoms with Crippen molar-refractivity contribution in [1.29, 1.82) is 0 Å². The topological polar surface area (TPSA) is 55.8 Å². The Kier molecular flexibility index (Phi) is 4.30. The highest BCUT2D eigenvalue weighted by molar-refractivity contribution is 6.54. The zero-order valence-corrected chi connectivity index (χ0v) is 14.5. The van der Waals surface area contributed by atoms with E-state index in [0.29, 0.717) is 23.2 Å². The van der Waals surface area contributed by atoms with Gasteiger partial charge in [0.05, 0.1) is 13.1 Å². The Hall–Kier alpha value is -1.30. The van der Waals surface area contributed by atoms with Crippen molar-refractivity contribution in [3.63, 3.8) is 0 Å². The summed E-state index contributed by atoms with van der Waals surface area (Å²) in [4.78, 5) is 26.2. The van der Waals surface area contributed by atoms with Crippen LogP contribution in [0.15, 0.2) is 12.1 Å². The van der Waals surface area contributed by atoms with Gasteiger partial charge in [-0.15, -0.1) is 0 Å². The summed E-state index contributed by atoms with van der Waals surface area (Å²) >= 11 is 0. The van der Waals surface area contributed by atoms with E-state index in [1.165, 1.54) is 6.42 Å². The van der Waals surface area contributed by atoms with E-state index in [0.717, 1.165) is 6.42 Å². The normalized spacial score (nSPS) is 37.7. The summed E-state index contributed by atoms with van der Waals surface area (Å²) in [7, 11) is -0.890. The van der Waals surface area contributed by atoms with Gasteiger partial charge in [0, 0.05) is 6.04 Å². The first kappa shape index (κ1) is 16.6. The molecule has 0 radical (unpaired) electrons. The Labute approximate surface area is 138 Å². The number of nitrogens with zero attached hydrogens (tertiary/aromatic N) is 1. The van der Waals surface area contributed by atoms with Gasteiger partial charge in [0.1, 0.15) is 0 Å². The Balaban J connectivity index is 1.71. The first-order valence-electron chi connectivity index (χ1n) is 8.58. The summed E-state index contributed by atoms with van der Waals surface area (Å²) in [5.74, 6) is 2.74. The van der Waals surface area contributed by atoms with Crippen molar-refractivity contribution < 1.29 is 18.9 Å². The third kappa shape index (κ3) is 2.93. The standard InChI is InChI=1S/C17H26BNO4/c1-5-6-18-22-15(20)9-19(10-16(21)23-18)14-8-12-7-13(11(14)2)17(12,3)4/h5-6,11-14H,7-10H2,1-4H3/b6-5+/t11-,12?,13-,14?/m1/s1. The molecule has 2 unspecified atom stereocenters. The third-order valence-electron chi connectivity index (χ3n) is 6.29. The van der Waals surface area contributed by atoms with Gasteiger partial charge in [-0.2, -0.15) is 0 Å². The van der Waals surface area contributed by atoms with E-state index in [1.54, 1.807) is 19.0 Å². The molecule has 0 aromatic heterocycles. The highest BCUT2D eigenvalue weighted by Gasteiger charge is 2.57. The molecule has 23 heavy (non-hydrogen) atoms. The lowest BCUT2D eigenvalue weighted by atomic mass is 9.44. The molecule has 1 heterocycles. The van der Waals surface area contributed by atoms with Crippen LogP contribution in [0.5, 0.6) is 0 Å². The first-order chi connectivity index (χ1) is 10.8. The molecule has 1 saturated heterocycles. The van der Waals surface area contributed by atoms with Crippen LogP contribution < -0.4 is 0 Å². The number of carbonyl (C=O) groups excluding carboxylic acids is 2. The predicted octanol–water partition coefficient (Wildman–Crippen LogP) is 2.06. The SMILES string of the molecule is C/C=C/B1OC(=O)CN(C2CC3C[C@H]([C@H]2C)C3(C)C)CC(=O)O1. The van der Waals surface area contributed by atoms with Crippen LogP contribution in [0.3, 0.4) is 0 Å². The van der Waals surface area contributed by atoms with Crippen molar-refractivity contribution >= 4 is 19.1 Å². The van der Waals surface area contributed by atoms with Crippen molar-refractivity contribution in [2.75, 3.05) is 13.1 Å². The Morgan fingerprint density at radius 1 is 1.17 bits per heavy atom. The maximum Gasteiger partial charge on any atom is 0.628 e. The van der Waals surface area contributed by atoms with Crippen LogP contribution in [-0.2, 0) is 18.9 Å². The van der Waals surface area contributed by atoms with Crippen LogP contribution in [-0.4, -0.2) is 43.1 Å². The third-order valence-corrected chi connectivity index (χ3v) is 6.29. The fourth-order valence-corrected chi connectivity index (χ4v) is 4.82. The highest BCUT2D eigenvalue weighted by Crippen LogP contribution is 2.61. The minimum atomic E-state index is -0.890. The quantitative estimate of drug-likeness (QED) is 0.729. The second-order valence-electron chi connectivity index (χ2n) is 7.80. The van der Waals surface area contributed by atoms with Gasteiger partial charge in [0.2, 0.25) is 0 Å². The molecule has 1 aliphatic heterocycles. The minimum Gasteiger partial charge on any atom is -0.495 e. The predicted molar refractivity (Wildman–Crippen MR) is 87.3 cm³/mol. The molecular formula is C17H26BNO4. The molecule has 0 amide bonds. The largest absolute Gasteiger partial charge is 0.628 e. The average Bonchev–Trinajstić information content (AvgIpc) is 2.44. The number of rotatable bonds is 2. The van der Waals surface area contributed by atoms with E-state index in [2.05, 4.69) is 20.8 Å². The van der Waals surface area contributed by atoms with Gasteiger partial charge in [-0.25, -0.2) is 0 Å². The zero-order valence-electron chi connectivity index (χ0n) is 14.5. The Morgan fingerprint density at radius 2 is 1.78 bits per heavy atom. The highest BCUT2D eigenvalue weighted by atomic mass is 16.6. The summed E-state index contributed by atoms with van der Waals surface area (Å²) in [5.41, 5.74) is 0.386. The van der Waals surface area contributed by atoms with Gasteiger partial charge in [-0.1, -0.05) is 26.8 Å². The molecule has 6 heteroatoms. The smallest absolute Gasteiger partial charge is 0.495 e. The summed E-state index contributed by atoms with van der Waals surface area (Å²) in [5, 5.41) is 0. The molecule has 0 aromatic carbocycles. The molecule has 4 atom stereocenters. The number of hydrogen-bond acceptors (Lipinski definition) is 5. The second kappa shape index (κ2) is 5.97. The number of allylic oxidation sites excluding steroid dienone is 1. The zero-order chi connectivity index (χ0) is 16.8. The van der Waals surface area contributed by atoms with E-state index in [9.17, 15) is 9.59 Å². The summed E-state index contributed by atoms with van der Waals surface area (Å²) in [6.45, 7) is 9.07. The van der Waals surface area contributed by atoms with E-state index < -0.39 is 7.12 Å². The molecule has 3 aliphatic carbocycles. The molecule has 5 nitrogen and oxygen atoms in total. The van der Waals surface area contributed by atoms with Crippen LogP contribution in [0.4, 0.5) is 0 Å². The van der Waals surface area contributed by atoms with E-state index in [-0.39, 0.29) is 31.1 Å². The molecule has 0 spiro atoms. The van der Waals surface area contributed by atoms with Gasteiger partial charge in [0.15, 0.2) is 0 Å². The molecule has 126 valence electrons. The minimum absolute atomic E-state index is 0.165. The molecule has 2 bridgehead atoms. The summed E-state index contributed by atoms with van der Waals surface area (Å²) in [6, 6.07) is 0.255. The lowest BCUT2D eigenvalue weighted by Crippen LogP contribution is -2.62. The number of carbonyl (C=O) groups is 2. The second-order valence-corrected chi connectivity index (χ2v) is 7.80. The van der Waals surface area contributed by atoms with Crippen molar-refractivity contribution in [3.05, 3.63) is 12.1 Å². The van der Waals surface area contributed by atoms with Crippen molar-refractivity contribution in [2.24, 2.45) is 23.2 Å². The monoisotopic (exact) mass is 319 g/mol. The van der Waals surface area contributed by atoms with Crippen molar-refractivity contribution in [2.45, 2.75) is 46.6 Å². The van der Waals surface area contributed by atoms with Crippen molar-refractivity contribution in [1.82, 2.24) is 4.90 Å². The van der Waals surface area contributed by atoms with Crippen LogP contribution >= 0.6 is 0 Å². The molecule has 4 aliphatic rings. The van der Waals surface area contributed by atoms with Gasteiger partial charge >= 0.3 is 19.1 Å². The Bertz CT molecular complexity index is 513. The van der Waals surface area contributed by atoms with E-state index >= 15 is 0 Å². The summed E-state index contributed by atoms with van der Waals surface area (Å²) in [6.07, 6.45) is 4.03. The molecule has 4 rings (SSSR count). The summed E-state index contributed by atoms with van der Waals surface area (Å²) < 4.78 is 10.5. The Morgan fingerprint density at radius 3 is 2.26 bits per heavy atom. The molecule has 0 N–H and O–H groups in total. The molecule has 4 fully saturated rings.